The maximum absolute atomic E-state index is 5.64. The van der Waals surface area contributed by atoms with Crippen LogP contribution < -0.4 is 5.73 Å². The van der Waals surface area contributed by atoms with Crippen molar-refractivity contribution in [3.63, 3.8) is 0 Å². The molecular weight excluding hydrogens is 214 g/mol. The molecule has 0 spiro atoms. The summed E-state index contributed by atoms with van der Waals surface area (Å²) in [5, 5.41) is 0. The molecule has 0 radical (unpaired) electrons. The van der Waals surface area contributed by atoms with E-state index in [1.54, 1.807) is 6.26 Å². The van der Waals surface area contributed by atoms with Crippen molar-refractivity contribution in [1.82, 2.24) is 9.80 Å². The Labute approximate surface area is 103 Å². The van der Waals surface area contributed by atoms with Crippen molar-refractivity contribution in [2.75, 3.05) is 27.2 Å². The van der Waals surface area contributed by atoms with Crippen LogP contribution in [0.5, 0.6) is 0 Å². The minimum absolute atomic E-state index is 0.497. The van der Waals surface area contributed by atoms with Gasteiger partial charge in [0, 0.05) is 18.2 Å². The maximum atomic E-state index is 5.64. The molecule has 0 saturated carbocycles. The van der Waals surface area contributed by atoms with Gasteiger partial charge in [-0.1, -0.05) is 0 Å². The first kappa shape index (κ1) is 12.6. The van der Waals surface area contributed by atoms with Crippen LogP contribution in [0.15, 0.2) is 16.7 Å². The fourth-order valence-corrected chi connectivity index (χ4v) is 2.52. The number of nitrogens with two attached hydrogens (primary N) is 1. The number of hydrogen-bond donors (Lipinski definition) is 1. The maximum Gasteiger partial charge on any atom is 0.121 e. The summed E-state index contributed by atoms with van der Waals surface area (Å²) < 4.78 is 5.35. The van der Waals surface area contributed by atoms with Crippen molar-refractivity contribution in [2.45, 2.75) is 32.0 Å². The van der Waals surface area contributed by atoms with Gasteiger partial charge in [-0.15, -0.1) is 0 Å². The molecular formula is C13H23N3O. The SMILES string of the molecule is CN(C)C1CCN(Cc2ccoc2CN)CC1. The Kier molecular flexibility index (Phi) is 4.20. The second-order valence-electron chi connectivity index (χ2n) is 5.04. The van der Waals surface area contributed by atoms with E-state index in [9.17, 15) is 0 Å². The normalized spacial score (nSPS) is 19.1. The van der Waals surface area contributed by atoms with Gasteiger partial charge in [-0.2, -0.15) is 0 Å². The lowest BCUT2D eigenvalue weighted by atomic mass is 10.0. The summed E-state index contributed by atoms with van der Waals surface area (Å²) in [5.74, 6) is 0.930. The molecule has 1 fully saturated rings. The largest absolute Gasteiger partial charge is 0.468 e. The van der Waals surface area contributed by atoms with Crippen molar-refractivity contribution < 1.29 is 4.42 Å². The highest BCUT2D eigenvalue weighted by atomic mass is 16.3. The van der Waals surface area contributed by atoms with E-state index in [1.165, 1.54) is 18.4 Å². The number of likely N-dealkylation sites (tertiary alicyclic amines) is 1. The average Bonchev–Trinajstić information content (AvgIpc) is 2.77. The Balaban J connectivity index is 1.86. The quantitative estimate of drug-likeness (QED) is 0.856. The lowest BCUT2D eigenvalue weighted by Gasteiger charge is -2.35. The third-order valence-electron chi connectivity index (χ3n) is 3.70. The molecule has 0 amide bonds. The molecule has 2 rings (SSSR count). The van der Waals surface area contributed by atoms with Crippen LogP contribution in [0.1, 0.15) is 24.2 Å². The number of rotatable bonds is 4. The zero-order valence-electron chi connectivity index (χ0n) is 10.9. The van der Waals surface area contributed by atoms with E-state index in [4.69, 9.17) is 10.2 Å². The summed E-state index contributed by atoms with van der Waals surface area (Å²) in [7, 11) is 4.34. The Morgan fingerprint density at radius 2 is 2.12 bits per heavy atom. The van der Waals surface area contributed by atoms with Gasteiger partial charge in [0.15, 0.2) is 0 Å². The fourth-order valence-electron chi connectivity index (χ4n) is 2.52. The van der Waals surface area contributed by atoms with Crippen LogP contribution in [0, 0.1) is 0 Å². The molecule has 0 aromatic carbocycles. The Morgan fingerprint density at radius 1 is 1.41 bits per heavy atom. The van der Waals surface area contributed by atoms with Crippen LogP contribution in [0.4, 0.5) is 0 Å². The van der Waals surface area contributed by atoms with Gasteiger partial charge in [-0.05, 0) is 46.1 Å². The Hall–Kier alpha value is -0.840. The highest BCUT2D eigenvalue weighted by molar-refractivity contribution is 5.16. The van der Waals surface area contributed by atoms with Crippen LogP contribution >= 0.6 is 0 Å². The van der Waals surface area contributed by atoms with Gasteiger partial charge in [0.2, 0.25) is 0 Å². The molecule has 2 heterocycles. The Bertz CT molecular complexity index is 340. The van der Waals surface area contributed by atoms with Gasteiger partial charge < -0.3 is 15.1 Å². The Morgan fingerprint density at radius 3 is 2.71 bits per heavy atom. The first-order chi connectivity index (χ1) is 8.20. The molecule has 2 N–H and O–H groups in total. The number of hydrogen-bond acceptors (Lipinski definition) is 4. The van der Waals surface area contributed by atoms with Crippen molar-refractivity contribution in [2.24, 2.45) is 5.73 Å². The molecule has 17 heavy (non-hydrogen) atoms. The van der Waals surface area contributed by atoms with E-state index < -0.39 is 0 Å². The van der Waals surface area contributed by atoms with Crippen LogP contribution in [0.3, 0.4) is 0 Å². The van der Waals surface area contributed by atoms with Crippen LogP contribution in [0.25, 0.3) is 0 Å². The summed E-state index contributed by atoms with van der Waals surface area (Å²) in [6.45, 7) is 3.80. The summed E-state index contributed by atoms with van der Waals surface area (Å²) in [4.78, 5) is 4.82. The zero-order valence-corrected chi connectivity index (χ0v) is 10.9. The van der Waals surface area contributed by atoms with Crippen LogP contribution in [0.2, 0.25) is 0 Å². The van der Waals surface area contributed by atoms with E-state index >= 15 is 0 Å². The smallest absolute Gasteiger partial charge is 0.121 e. The molecule has 1 aliphatic rings. The van der Waals surface area contributed by atoms with Gasteiger partial charge >= 0.3 is 0 Å². The minimum Gasteiger partial charge on any atom is -0.468 e. The molecule has 96 valence electrons. The lowest BCUT2D eigenvalue weighted by Crippen LogP contribution is -2.41. The van der Waals surface area contributed by atoms with E-state index in [0.29, 0.717) is 6.54 Å². The zero-order chi connectivity index (χ0) is 12.3. The second kappa shape index (κ2) is 5.67. The monoisotopic (exact) mass is 237 g/mol. The fraction of sp³-hybridized carbons (Fsp3) is 0.692. The molecule has 1 aromatic rings. The predicted octanol–water partition coefficient (Wildman–Crippen LogP) is 1.26. The highest BCUT2D eigenvalue weighted by Crippen LogP contribution is 2.18. The van der Waals surface area contributed by atoms with Crippen LogP contribution in [-0.4, -0.2) is 43.0 Å². The number of furan rings is 1. The van der Waals surface area contributed by atoms with Gasteiger partial charge in [0.05, 0.1) is 12.8 Å². The lowest BCUT2D eigenvalue weighted by molar-refractivity contribution is 0.139. The van der Waals surface area contributed by atoms with E-state index in [2.05, 4.69) is 23.9 Å². The van der Waals surface area contributed by atoms with Gasteiger partial charge in [0.25, 0.3) is 0 Å². The number of nitrogens with zero attached hydrogens (tertiary/aromatic N) is 2. The average molecular weight is 237 g/mol. The highest BCUT2D eigenvalue weighted by Gasteiger charge is 2.21. The van der Waals surface area contributed by atoms with Crippen molar-refractivity contribution >= 4 is 0 Å². The summed E-state index contributed by atoms with van der Waals surface area (Å²) in [6.07, 6.45) is 4.25. The van der Waals surface area contributed by atoms with Crippen molar-refractivity contribution in [3.8, 4) is 0 Å². The van der Waals surface area contributed by atoms with E-state index in [1.807, 2.05) is 6.07 Å². The molecule has 1 aliphatic heterocycles. The van der Waals surface area contributed by atoms with Crippen LogP contribution in [-0.2, 0) is 13.1 Å². The predicted molar refractivity (Wildman–Crippen MR) is 68.6 cm³/mol. The minimum atomic E-state index is 0.497. The van der Waals surface area contributed by atoms with E-state index in [0.717, 1.165) is 31.4 Å². The van der Waals surface area contributed by atoms with Crippen molar-refractivity contribution in [3.05, 3.63) is 23.7 Å². The molecule has 0 atom stereocenters. The van der Waals surface area contributed by atoms with Gasteiger partial charge in [-0.3, -0.25) is 4.90 Å². The molecule has 4 nitrogen and oxygen atoms in total. The first-order valence-electron chi connectivity index (χ1n) is 6.34. The summed E-state index contributed by atoms with van der Waals surface area (Å²) in [6, 6.07) is 2.78. The molecule has 0 aliphatic carbocycles. The van der Waals surface area contributed by atoms with Gasteiger partial charge in [0.1, 0.15) is 5.76 Å². The molecule has 0 unspecified atom stereocenters. The number of piperidine rings is 1. The summed E-state index contributed by atoms with van der Waals surface area (Å²) in [5.41, 5.74) is 6.89. The third kappa shape index (κ3) is 3.09. The molecule has 0 bridgehead atoms. The third-order valence-corrected chi connectivity index (χ3v) is 3.70. The standard InChI is InChI=1S/C13H23N3O/c1-15(2)12-3-6-16(7-4-12)10-11-5-8-17-13(11)9-14/h5,8,12H,3-4,6-7,9-10,14H2,1-2H3. The molecule has 1 aromatic heterocycles. The topological polar surface area (TPSA) is 45.6 Å². The van der Waals surface area contributed by atoms with Gasteiger partial charge in [-0.25, -0.2) is 0 Å². The van der Waals surface area contributed by atoms with Crippen molar-refractivity contribution in [1.29, 1.82) is 0 Å². The first-order valence-corrected chi connectivity index (χ1v) is 6.34. The van der Waals surface area contributed by atoms with E-state index in [-0.39, 0.29) is 0 Å². The molecule has 4 heteroatoms. The second-order valence-corrected chi connectivity index (χ2v) is 5.04. The summed E-state index contributed by atoms with van der Waals surface area (Å²) >= 11 is 0. The molecule has 1 saturated heterocycles.